The Morgan fingerprint density at radius 3 is 2.83 bits per heavy atom. The molecule has 4 N–H and O–H groups in total. The number of aromatic nitrogens is 3. The van der Waals surface area contributed by atoms with E-state index in [1.807, 2.05) is 26.0 Å². The molecule has 0 saturated heterocycles. The lowest BCUT2D eigenvalue weighted by atomic mass is 10.0. The van der Waals surface area contributed by atoms with E-state index in [4.69, 9.17) is 15.6 Å². The molecule has 0 aliphatic rings. The predicted octanol–water partition coefficient (Wildman–Crippen LogP) is 2.74. The van der Waals surface area contributed by atoms with E-state index >= 15 is 0 Å². The molecule has 2 aromatic heterocycles. The molecule has 7 nitrogen and oxygen atoms in total. The van der Waals surface area contributed by atoms with Crippen LogP contribution < -0.4 is 11.1 Å². The number of rotatable bonds is 4. The van der Waals surface area contributed by atoms with Gasteiger partial charge in [0.25, 0.3) is 0 Å². The van der Waals surface area contributed by atoms with Crippen LogP contribution in [0.2, 0.25) is 0 Å². The summed E-state index contributed by atoms with van der Waals surface area (Å²) in [5.41, 5.74) is 8.77. The molecule has 0 radical (unpaired) electrons. The highest BCUT2D eigenvalue weighted by Crippen LogP contribution is 2.24. The Morgan fingerprint density at radius 1 is 1.30 bits per heavy atom. The Labute approximate surface area is 133 Å². The summed E-state index contributed by atoms with van der Waals surface area (Å²) in [6, 6.07) is 5.59. The second-order valence-corrected chi connectivity index (χ2v) is 5.57. The van der Waals surface area contributed by atoms with Crippen LogP contribution >= 0.6 is 0 Å². The number of nitrogens with zero attached hydrogens (tertiary/aromatic N) is 3. The first-order chi connectivity index (χ1) is 11.0. The Hall–Kier alpha value is -2.96. The number of anilines is 2. The van der Waals surface area contributed by atoms with Gasteiger partial charge in [-0.15, -0.1) is 0 Å². The van der Waals surface area contributed by atoms with Crippen LogP contribution in [0.5, 0.6) is 0 Å². The zero-order valence-corrected chi connectivity index (χ0v) is 13.2. The fourth-order valence-corrected chi connectivity index (χ4v) is 2.37. The molecule has 3 rings (SSSR count). The Kier molecular flexibility index (Phi) is 3.69. The van der Waals surface area contributed by atoms with E-state index in [0.29, 0.717) is 28.4 Å². The molecule has 2 heterocycles. The molecule has 23 heavy (non-hydrogen) atoms. The lowest BCUT2D eigenvalue weighted by molar-refractivity contribution is 0.561. The van der Waals surface area contributed by atoms with Crippen LogP contribution in [0.1, 0.15) is 30.9 Å². The fraction of sp³-hybridized carbons (Fsp3) is 0.250. The molecule has 0 atom stereocenters. The van der Waals surface area contributed by atoms with Crippen LogP contribution in [0, 0.1) is 12.3 Å². The molecular formula is C16H18N6O. The predicted molar refractivity (Wildman–Crippen MR) is 89.9 cm³/mol. The van der Waals surface area contributed by atoms with E-state index in [0.717, 1.165) is 5.52 Å². The summed E-state index contributed by atoms with van der Waals surface area (Å²) >= 11 is 0. The molecule has 0 unspecified atom stereocenters. The van der Waals surface area contributed by atoms with Crippen molar-refractivity contribution in [1.29, 1.82) is 5.41 Å². The molecule has 0 amide bonds. The van der Waals surface area contributed by atoms with Crippen molar-refractivity contribution in [2.75, 3.05) is 11.1 Å². The first-order valence-electron chi connectivity index (χ1n) is 7.29. The number of hydrogen-bond acceptors (Lipinski definition) is 7. The number of nitrogen functional groups attached to an aromatic ring is 1. The number of benzene rings is 1. The van der Waals surface area contributed by atoms with Crippen LogP contribution in [0.4, 0.5) is 11.6 Å². The van der Waals surface area contributed by atoms with Gasteiger partial charge in [0.1, 0.15) is 23.5 Å². The average molecular weight is 310 g/mol. The topological polar surface area (TPSA) is 114 Å². The minimum atomic E-state index is 0.162. The molecule has 1 aromatic carbocycles. The van der Waals surface area contributed by atoms with Crippen molar-refractivity contribution in [1.82, 2.24) is 15.0 Å². The van der Waals surface area contributed by atoms with E-state index in [2.05, 4.69) is 20.3 Å². The third kappa shape index (κ3) is 2.85. The zero-order chi connectivity index (χ0) is 16.6. The van der Waals surface area contributed by atoms with Gasteiger partial charge in [0.15, 0.2) is 11.5 Å². The van der Waals surface area contributed by atoms with Gasteiger partial charge in [0.05, 0.1) is 11.3 Å². The van der Waals surface area contributed by atoms with Crippen molar-refractivity contribution in [3.8, 4) is 0 Å². The molecule has 0 saturated carbocycles. The van der Waals surface area contributed by atoms with Gasteiger partial charge in [-0.25, -0.2) is 15.0 Å². The largest absolute Gasteiger partial charge is 0.441 e. The third-order valence-electron chi connectivity index (χ3n) is 3.34. The monoisotopic (exact) mass is 310 g/mol. The lowest BCUT2D eigenvalue weighted by Gasteiger charge is -2.15. The number of nitrogens with two attached hydrogens (primary N) is 1. The summed E-state index contributed by atoms with van der Waals surface area (Å²) in [7, 11) is 0. The second-order valence-electron chi connectivity index (χ2n) is 5.57. The maximum Gasteiger partial charge on any atom is 0.192 e. The zero-order valence-electron chi connectivity index (χ0n) is 13.2. The highest BCUT2D eigenvalue weighted by Gasteiger charge is 2.17. The first kappa shape index (κ1) is 15.0. The van der Waals surface area contributed by atoms with Crippen molar-refractivity contribution in [2.24, 2.45) is 0 Å². The Bertz CT molecular complexity index is 883. The van der Waals surface area contributed by atoms with Gasteiger partial charge in [-0.2, -0.15) is 0 Å². The first-order valence-corrected chi connectivity index (χ1v) is 7.29. The molecule has 118 valence electrons. The number of hydrogen-bond donors (Lipinski definition) is 3. The molecule has 0 aliphatic heterocycles. The van der Waals surface area contributed by atoms with E-state index in [-0.39, 0.29) is 17.6 Å². The van der Waals surface area contributed by atoms with Gasteiger partial charge in [-0.1, -0.05) is 6.07 Å². The van der Waals surface area contributed by atoms with Crippen LogP contribution in [0.3, 0.4) is 0 Å². The third-order valence-corrected chi connectivity index (χ3v) is 3.34. The van der Waals surface area contributed by atoms with Crippen molar-refractivity contribution in [2.45, 2.75) is 26.8 Å². The summed E-state index contributed by atoms with van der Waals surface area (Å²) in [6.07, 6.45) is 1.39. The van der Waals surface area contributed by atoms with E-state index in [1.165, 1.54) is 6.33 Å². The SMILES string of the molecule is Cc1nc2ccc(C(=N)c3c(N)ncnc3NC(C)C)cc2o1. The summed E-state index contributed by atoms with van der Waals surface area (Å²) in [5.74, 6) is 1.40. The summed E-state index contributed by atoms with van der Waals surface area (Å²) in [6.45, 7) is 5.78. The highest BCUT2D eigenvalue weighted by atomic mass is 16.3. The van der Waals surface area contributed by atoms with Crippen LogP contribution in [-0.4, -0.2) is 26.7 Å². The van der Waals surface area contributed by atoms with Gasteiger partial charge in [-0.05, 0) is 26.0 Å². The fourth-order valence-electron chi connectivity index (χ4n) is 2.37. The highest BCUT2D eigenvalue weighted by molar-refractivity contribution is 6.17. The van der Waals surface area contributed by atoms with Crippen molar-refractivity contribution < 1.29 is 4.42 Å². The number of aryl methyl sites for hydroxylation is 1. The minimum absolute atomic E-state index is 0.162. The molecule has 0 aliphatic carbocycles. The van der Waals surface area contributed by atoms with Gasteiger partial charge >= 0.3 is 0 Å². The van der Waals surface area contributed by atoms with Gasteiger partial charge in [-0.3, -0.25) is 5.41 Å². The van der Waals surface area contributed by atoms with Gasteiger partial charge in [0, 0.05) is 18.5 Å². The Balaban J connectivity index is 2.07. The molecule has 7 heteroatoms. The van der Waals surface area contributed by atoms with Crippen LogP contribution in [0.25, 0.3) is 11.1 Å². The molecule has 3 aromatic rings. The minimum Gasteiger partial charge on any atom is -0.441 e. The maximum absolute atomic E-state index is 8.52. The van der Waals surface area contributed by atoms with Crippen molar-refractivity contribution >= 4 is 28.4 Å². The van der Waals surface area contributed by atoms with Gasteiger partial charge in [0.2, 0.25) is 0 Å². The summed E-state index contributed by atoms with van der Waals surface area (Å²) in [4.78, 5) is 12.5. The molecule has 0 bridgehead atoms. The van der Waals surface area contributed by atoms with Crippen molar-refractivity contribution in [3.05, 3.63) is 41.5 Å². The number of oxazole rings is 1. The van der Waals surface area contributed by atoms with E-state index in [9.17, 15) is 0 Å². The molecule has 0 fully saturated rings. The van der Waals surface area contributed by atoms with Crippen molar-refractivity contribution in [3.63, 3.8) is 0 Å². The Morgan fingerprint density at radius 2 is 2.09 bits per heavy atom. The quantitative estimate of drug-likeness (QED) is 0.638. The standard InChI is InChI=1S/C16H18N6O/c1-8(2)21-16-13(15(18)19-7-20-16)14(17)10-4-5-11-12(6-10)23-9(3)22-11/h4-8,17H,1-3H3,(H3,18,19,20,21). The lowest BCUT2D eigenvalue weighted by Crippen LogP contribution is -2.17. The number of fused-ring (bicyclic) bond motifs is 1. The van der Waals surface area contributed by atoms with Crippen LogP contribution in [-0.2, 0) is 0 Å². The normalized spacial score (nSPS) is 11.1. The maximum atomic E-state index is 8.52. The smallest absolute Gasteiger partial charge is 0.192 e. The molecular weight excluding hydrogens is 292 g/mol. The van der Waals surface area contributed by atoms with Gasteiger partial charge < -0.3 is 15.5 Å². The number of nitrogens with one attached hydrogen (secondary N) is 2. The van der Waals surface area contributed by atoms with Crippen LogP contribution in [0.15, 0.2) is 28.9 Å². The summed E-state index contributed by atoms with van der Waals surface area (Å²) < 4.78 is 5.53. The second kappa shape index (κ2) is 5.68. The summed E-state index contributed by atoms with van der Waals surface area (Å²) in [5, 5.41) is 11.7. The molecule has 0 spiro atoms. The average Bonchev–Trinajstić information content (AvgIpc) is 2.85. The van der Waals surface area contributed by atoms with E-state index in [1.54, 1.807) is 13.0 Å². The van der Waals surface area contributed by atoms with E-state index < -0.39 is 0 Å².